The smallest absolute Gasteiger partial charge is 0.407 e. The normalized spacial score (nSPS) is 28.7. The highest BCUT2D eigenvalue weighted by Gasteiger charge is 2.63. The van der Waals surface area contributed by atoms with E-state index < -0.39 is 124 Å². The first-order chi connectivity index (χ1) is 28.7. The number of hydrogen-bond acceptors (Lipinski definition) is 16. The molecule has 0 saturated carbocycles. The largest absolute Gasteiger partial charge is 0.459 e. The van der Waals surface area contributed by atoms with Crippen LogP contribution in [-0.4, -0.2) is 136 Å². The number of H-pyrrole nitrogens is 1. The van der Waals surface area contributed by atoms with Crippen LogP contribution in [0.2, 0.25) is 0 Å². The van der Waals surface area contributed by atoms with Gasteiger partial charge in [-0.05, 0) is 81.2 Å². The van der Waals surface area contributed by atoms with E-state index in [1.165, 1.54) is 6.20 Å². The number of nitrogens with one attached hydrogen (secondary N) is 4. The van der Waals surface area contributed by atoms with Crippen LogP contribution in [0.25, 0.3) is 0 Å². The molecule has 0 unspecified atom stereocenters. The van der Waals surface area contributed by atoms with Gasteiger partial charge in [-0.25, -0.2) is 14.4 Å². The Kier molecular flexibility index (Phi) is 16.0. The van der Waals surface area contributed by atoms with E-state index in [0.717, 1.165) is 10.6 Å². The van der Waals surface area contributed by atoms with Crippen molar-refractivity contribution < 1.29 is 61.8 Å². The molecule has 0 radical (unpaired) electrons. The van der Waals surface area contributed by atoms with Crippen LogP contribution in [0.5, 0.6) is 0 Å². The summed E-state index contributed by atoms with van der Waals surface area (Å²) in [6.45, 7) is 17.2. The molecule has 1 aromatic heterocycles. The summed E-state index contributed by atoms with van der Waals surface area (Å²) in [5, 5.41) is 8.53. The Balaban J connectivity index is 1.51. The summed E-state index contributed by atoms with van der Waals surface area (Å²) in [6.07, 6.45) is -8.37. The zero-order chi connectivity index (χ0) is 46.0. The van der Waals surface area contributed by atoms with Gasteiger partial charge < -0.3 is 63.3 Å². The number of hydrogen-bond donors (Lipinski definition) is 4. The number of carbonyl (C=O) groups excluding carboxylic acids is 3. The van der Waals surface area contributed by atoms with E-state index >= 15 is 0 Å². The Bertz CT molecular complexity index is 1840. The number of halogens is 3. The Morgan fingerprint density at radius 3 is 2.11 bits per heavy atom. The Labute approximate surface area is 374 Å². The fourth-order valence-corrected chi connectivity index (χ4v) is 7.66. The van der Waals surface area contributed by atoms with Gasteiger partial charge in [0, 0.05) is 25.4 Å². The zero-order valence-corrected chi connectivity index (χ0v) is 38.9. The minimum atomic E-state index is -1.80. The number of aromatic nitrogens is 2. The summed E-state index contributed by atoms with van der Waals surface area (Å²) in [5.41, 5.74) is -3.14. The number of fused-ring (bicyclic) bond motifs is 2. The number of nitrogens with zero attached hydrogens (tertiary/aromatic N) is 1. The third kappa shape index (κ3) is 13.2. The van der Waals surface area contributed by atoms with Crippen LogP contribution in [0.3, 0.4) is 0 Å². The SMILES string of the molecule is CCC1(CC)O[C@H]2[C@H](O[C@H]([C@H]3O[C@@H](n4ccc(=O)[nH]c4=O)[C@@H]4OC(C)(C)O[C@H]34)[C@H](NCCCNC(=O)OCC(Cl)(Cl)Cl)C(=O)OC(C)(C)C)O[C@H](CNC(=O)OC(C)(C)C)[C@H]2O1. The van der Waals surface area contributed by atoms with E-state index in [1.54, 1.807) is 55.4 Å². The van der Waals surface area contributed by atoms with Gasteiger partial charge in [-0.15, -0.1) is 0 Å². The van der Waals surface area contributed by atoms with Gasteiger partial charge in [0.2, 0.25) is 3.79 Å². The van der Waals surface area contributed by atoms with Crippen molar-refractivity contribution in [3.05, 3.63) is 33.1 Å². The van der Waals surface area contributed by atoms with Crippen molar-refractivity contribution in [1.82, 2.24) is 25.5 Å². The van der Waals surface area contributed by atoms with Crippen molar-refractivity contribution in [3.8, 4) is 0 Å². The lowest BCUT2D eigenvalue weighted by Crippen LogP contribution is -2.58. The number of amides is 2. The van der Waals surface area contributed by atoms with Crippen molar-refractivity contribution in [2.75, 3.05) is 26.2 Å². The molecule has 5 heterocycles. The molecule has 1 aromatic rings. The average Bonchev–Trinajstić information content (AvgIpc) is 3.86. The van der Waals surface area contributed by atoms with E-state index in [4.69, 9.17) is 82.2 Å². The summed E-state index contributed by atoms with van der Waals surface area (Å²) in [4.78, 5) is 67.0. The maximum atomic E-state index is 14.5. The monoisotopic (exact) mass is 943 g/mol. The van der Waals surface area contributed by atoms with Gasteiger partial charge in [-0.3, -0.25) is 19.1 Å². The highest BCUT2D eigenvalue weighted by molar-refractivity contribution is 6.67. The minimum Gasteiger partial charge on any atom is -0.459 e. The van der Waals surface area contributed by atoms with E-state index in [1.807, 2.05) is 13.8 Å². The van der Waals surface area contributed by atoms with Gasteiger partial charge in [0.1, 0.15) is 66.6 Å². The summed E-state index contributed by atoms with van der Waals surface area (Å²) < 4.78 is 61.6. The summed E-state index contributed by atoms with van der Waals surface area (Å²) in [7, 11) is 0. The molecule has 10 atom stereocenters. The molecule has 23 heteroatoms. The summed E-state index contributed by atoms with van der Waals surface area (Å²) in [5.74, 6) is -2.97. The molecule has 0 spiro atoms. The predicted octanol–water partition coefficient (Wildman–Crippen LogP) is 3.68. The second-order valence-electron chi connectivity index (χ2n) is 17.8. The van der Waals surface area contributed by atoms with E-state index in [-0.39, 0.29) is 26.1 Å². The van der Waals surface area contributed by atoms with Crippen LogP contribution in [0, 0.1) is 0 Å². The van der Waals surface area contributed by atoms with Crippen LogP contribution >= 0.6 is 34.8 Å². The lowest BCUT2D eigenvalue weighted by molar-refractivity contribution is -0.276. The first-order valence-corrected chi connectivity index (χ1v) is 21.8. The number of esters is 1. The molecular formula is C39H60Cl3N5O15. The molecule has 4 aliphatic rings. The topological polar surface area (TPSA) is 234 Å². The molecule has 5 rings (SSSR count). The molecule has 20 nitrogen and oxygen atoms in total. The van der Waals surface area contributed by atoms with E-state index in [0.29, 0.717) is 12.8 Å². The van der Waals surface area contributed by atoms with Gasteiger partial charge in [0.25, 0.3) is 5.56 Å². The summed E-state index contributed by atoms with van der Waals surface area (Å²) >= 11 is 17.1. The minimum absolute atomic E-state index is 0.0503. The molecule has 2 amide bonds. The molecule has 62 heavy (non-hydrogen) atoms. The van der Waals surface area contributed by atoms with Crippen LogP contribution in [0.4, 0.5) is 9.59 Å². The van der Waals surface area contributed by atoms with Crippen molar-refractivity contribution in [1.29, 1.82) is 0 Å². The maximum absolute atomic E-state index is 14.5. The quantitative estimate of drug-likeness (QED) is 0.0801. The number of aromatic amines is 1. The van der Waals surface area contributed by atoms with Crippen LogP contribution in [0.15, 0.2) is 21.9 Å². The number of alkyl halides is 3. The predicted molar refractivity (Wildman–Crippen MR) is 222 cm³/mol. The van der Waals surface area contributed by atoms with Gasteiger partial charge in [-0.2, -0.15) is 0 Å². The van der Waals surface area contributed by atoms with Crippen LogP contribution < -0.4 is 27.2 Å². The lowest BCUT2D eigenvalue weighted by Gasteiger charge is -2.37. The fourth-order valence-electron chi connectivity index (χ4n) is 7.50. The second-order valence-corrected chi connectivity index (χ2v) is 20.3. The van der Waals surface area contributed by atoms with E-state index in [2.05, 4.69) is 20.9 Å². The molecule has 0 aliphatic carbocycles. The molecule has 4 saturated heterocycles. The number of ether oxygens (including phenoxy) is 10. The molecule has 4 aliphatic heterocycles. The molecule has 352 valence electrons. The Hall–Kier alpha value is -2.76. The molecular weight excluding hydrogens is 885 g/mol. The van der Waals surface area contributed by atoms with Crippen molar-refractivity contribution in [2.45, 2.75) is 176 Å². The maximum Gasteiger partial charge on any atom is 0.407 e. The molecule has 4 N–H and O–H groups in total. The number of rotatable bonds is 16. The van der Waals surface area contributed by atoms with Crippen LogP contribution in [-0.2, 0) is 52.2 Å². The highest BCUT2D eigenvalue weighted by Crippen LogP contribution is 2.47. The number of carbonyl (C=O) groups is 3. The van der Waals surface area contributed by atoms with Gasteiger partial charge in [-0.1, -0.05) is 48.7 Å². The van der Waals surface area contributed by atoms with Gasteiger partial charge in [0.05, 0.1) is 0 Å². The van der Waals surface area contributed by atoms with E-state index in [9.17, 15) is 24.0 Å². The molecule has 0 bridgehead atoms. The fraction of sp³-hybridized carbons (Fsp3) is 0.821. The Morgan fingerprint density at radius 2 is 1.50 bits per heavy atom. The highest BCUT2D eigenvalue weighted by atomic mass is 35.6. The average molecular weight is 945 g/mol. The number of alkyl carbamates (subject to hydrolysis) is 2. The van der Waals surface area contributed by atoms with Gasteiger partial charge >= 0.3 is 23.8 Å². The second kappa shape index (κ2) is 19.8. The third-order valence-corrected chi connectivity index (χ3v) is 10.4. The molecule has 4 fully saturated rings. The van der Waals surface area contributed by atoms with Crippen molar-refractivity contribution in [3.63, 3.8) is 0 Å². The first-order valence-electron chi connectivity index (χ1n) is 20.6. The van der Waals surface area contributed by atoms with Crippen molar-refractivity contribution in [2.24, 2.45) is 0 Å². The standard InChI is InChI=1S/C39H60Cl3N5O15/c1-11-38(12-2)59-23-20(18-45-34(52)62-36(6,7)8)54-31(28(23)60-38)56-24(22(30(49)61-35(3,4)5)43-15-13-16-44-33(51)53-19-39(40,41)42)25-26-27(58-37(9,10)57-26)29(55-25)47-17-14-21(48)46-32(47)50/h14,17,20,22-29,31,43H,11-13,15-16,18-19H2,1-10H3,(H,44,51)(H,45,52)(H,46,48,50)/t20-,22+,23-,24+,25-,26-,27-,28-,29-,31+/m1/s1. The van der Waals surface area contributed by atoms with Gasteiger partial charge in [0.15, 0.2) is 24.1 Å². The first kappa shape index (κ1) is 50.2. The molecule has 0 aromatic carbocycles. The van der Waals surface area contributed by atoms with Crippen LogP contribution in [0.1, 0.15) is 94.7 Å². The van der Waals surface area contributed by atoms with Crippen molar-refractivity contribution >= 4 is 53.0 Å². The lowest BCUT2D eigenvalue weighted by atomic mass is 9.98. The zero-order valence-electron chi connectivity index (χ0n) is 36.6. The Morgan fingerprint density at radius 1 is 0.855 bits per heavy atom. The third-order valence-electron chi connectivity index (χ3n) is 10.0. The summed E-state index contributed by atoms with van der Waals surface area (Å²) in [6, 6.07) is -0.183.